The number of hydrogen-bond donors (Lipinski definition) is 3. The summed E-state index contributed by atoms with van der Waals surface area (Å²) in [5.41, 5.74) is 12.0. The van der Waals surface area contributed by atoms with Gasteiger partial charge in [-0.05, 0) is 104 Å². The molecule has 5 aliphatic carbocycles. The van der Waals surface area contributed by atoms with Crippen molar-refractivity contribution < 1.29 is 14.7 Å². The van der Waals surface area contributed by atoms with Crippen LogP contribution in [0.5, 0.6) is 0 Å². The maximum absolute atomic E-state index is 14.7. The molecule has 3 atom stereocenters. The summed E-state index contributed by atoms with van der Waals surface area (Å²) in [5, 5.41) is 19.3. The van der Waals surface area contributed by atoms with Crippen molar-refractivity contribution in [1.82, 2.24) is 15.2 Å². The van der Waals surface area contributed by atoms with E-state index in [4.69, 9.17) is 0 Å². The zero-order valence-corrected chi connectivity index (χ0v) is 23.9. The van der Waals surface area contributed by atoms with Crippen LogP contribution in [0.25, 0.3) is 21.3 Å². The number of H-pyrrole nitrogens is 1. The Morgan fingerprint density at radius 3 is 2.48 bits per heavy atom. The van der Waals surface area contributed by atoms with Crippen molar-refractivity contribution in [2.75, 3.05) is 0 Å². The van der Waals surface area contributed by atoms with Gasteiger partial charge in [0.15, 0.2) is 0 Å². The predicted octanol–water partition coefficient (Wildman–Crippen LogP) is 6.76. The number of benzene rings is 2. The van der Waals surface area contributed by atoms with E-state index in [1.807, 2.05) is 61.7 Å². The normalized spacial score (nSPS) is 30.6. The van der Waals surface area contributed by atoms with Gasteiger partial charge in [-0.25, -0.2) is 4.79 Å². The van der Waals surface area contributed by atoms with Gasteiger partial charge in [-0.1, -0.05) is 47.6 Å². The number of carboxylic acid groups (broad SMARTS) is 1. The molecule has 1 aromatic heterocycles. The second-order valence-corrected chi connectivity index (χ2v) is 13.4. The molecule has 2 amide bonds. The van der Waals surface area contributed by atoms with Crippen molar-refractivity contribution in [1.29, 1.82) is 0 Å². The number of nitrogens with one attached hydrogen (secondary N) is 2. The molecule has 5 aliphatic rings. The van der Waals surface area contributed by atoms with Crippen LogP contribution in [0.2, 0.25) is 0 Å². The fraction of sp³-hybridized carbons (Fsp3) is 0.515. The standard InChI is InChI=1S/C33H38N6O3/c1-33(17-24-18-35-27-9-5-4-7-25(24)27,39(32(41)42)30-22-13-19-12-20(15-22)16-23(30)14-19)31(40)36-28-11-10-21-6-2-3-8-26(21)29(28)37-38-34/h2-9,18-20,22-23,28-30,35H,10-17H2,1H3,(H,36,40)(H,41,42). The topological polar surface area (TPSA) is 134 Å². The Balaban J connectivity index is 1.28. The number of hydrogen-bond acceptors (Lipinski definition) is 3. The highest BCUT2D eigenvalue weighted by Crippen LogP contribution is 2.56. The largest absolute Gasteiger partial charge is 0.465 e. The molecule has 3 N–H and O–H groups in total. The number of aryl methyl sites for hydroxylation is 1. The van der Waals surface area contributed by atoms with E-state index in [1.54, 1.807) is 4.90 Å². The van der Waals surface area contributed by atoms with Crippen LogP contribution < -0.4 is 5.32 Å². The zero-order valence-electron chi connectivity index (χ0n) is 23.9. The van der Waals surface area contributed by atoms with Crippen LogP contribution >= 0.6 is 0 Å². The molecule has 0 spiro atoms. The Morgan fingerprint density at radius 1 is 1.07 bits per heavy atom. The molecular formula is C33H38N6O3. The van der Waals surface area contributed by atoms with E-state index in [9.17, 15) is 20.2 Å². The first-order valence-corrected chi connectivity index (χ1v) is 15.4. The highest BCUT2D eigenvalue weighted by atomic mass is 16.4. The van der Waals surface area contributed by atoms with Gasteiger partial charge in [0, 0.05) is 40.5 Å². The number of para-hydroxylation sites is 1. The molecule has 3 unspecified atom stereocenters. The van der Waals surface area contributed by atoms with E-state index >= 15 is 0 Å². The van der Waals surface area contributed by atoms with E-state index < -0.39 is 23.7 Å². The Labute approximate surface area is 245 Å². The molecule has 0 radical (unpaired) electrons. The van der Waals surface area contributed by atoms with Gasteiger partial charge in [0.2, 0.25) is 5.91 Å². The monoisotopic (exact) mass is 566 g/mol. The third-order valence-corrected chi connectivity index (χ3v) is 10.9. The summed E-state index contributed by atoms with van der Waals surface area (Å²) in [4.78, 5) is 36.0. The van der Waals surface area contributed by atoms with Crippen LogP contribution in [0, 0.1) is 23.7 Å². The quantitative estimate of drug-likeness (QED) is 0.166. The molecule has 4 fully saturated rings. The molecule has 0 saturated heterocycles. The van der Waals surface area contributed by atoms with Gasteiger partial charge in [0.05, 0.1) is 6.04 Å². The molecule has 4 saturated carbocycles. The van der Waals surface area contributed by atoms with Gasteiger partial charge in [0.1, 0.15) is 5.54 Å². The number of amides is 2. The molecule has 2 aromatic carbocycles. The highest BCUT2D eigenvalue weighted by molar-refractivity contribution is 5.92. The summed E-state index contributed by atoms with van der Waals surface area (Å²) in [6, 6.07) is 14.6. The van der Waals surface area contributed by atoms with Crippen LogP contribution in [0.4, 0.5) is 4.79 Å². The minimum absolute atomic E-state index is 0.184. The Morgan fingerprint density at radius 2 is 1.76 bits per heavy atom. The van der Waals surface area contributed by atoms with Gasteiger partial charge in [-0.3, -0.25) is 9.69 Å². The van der Waals surface area contributed by atoms with Crippen molar-refractivity contribution in [3.05, 3.63) is 81.9 Å². The van der Waals surface area contributed by atoms with Gasteiger partial charge < -0.3 is 15.4 Å². The lowest BCUT2D eigenvalue weighted by atomic mass is 9.53. The van der Waals surface area contributed by atoms with Gasteiger partial charge in [-0.2, -0.15) is 0 Å². The summed E-state index contributed by atoms with van der Waals surface area (Å²) in [6.45, 7) is 1.81. The molecule has 8 rings (SSSR count). The van der Waals surface area contributed by atoms with Crippen molar-refractivity contribution in [2.24, 2.45) is 28.8 Å². The average Bonchev–Trinajstić information content (AvgIpc) is 3.37. The predicted molar refractivity (Wildman–Crippen MR) is 160 cm³/mol. The molecule has 0 aliphatic heterocycles. The van der Waals surface area contributed by atoms with Crippen molar-refractivity contribution in [3.63, 3.8) is 0 Å². The zero-order chi connectivity index (χ0) is 29.0. The second-order valence-electron chi connectivity index (χ2n) is 13.4. The van der Waals surface area contributed by atoms with Crippen LogP contribution in [0.3, 0.4) is 0 Å². The number of aromatic nitrogens is 1. The lowest BCUT2D eigenvalue weighted by molar-refractivity contribution is -0.141. The summed E-state index contributed by atoms with van der Waals surface area (Å²) in [6.07, 6.45) is 7.93. The van der Waals surface area contributed by atoms with Crippen molar-refractivity contribution in [2.45, 2.75) is 82.0 Å². The first kappa shape index (κ1) is 26.9. The van der Waals surface area contributed by atoms with Crippen LogP contribution in [-0.4, -0.2) is 44.6 Å². The summed E-state index contributed by atoms with van der Waals surface area (Å²) < 4.78 is 0. The lowest BCUT2D eigenvalue weighted by Gasteiger charge is -2.59. The highest BCUT2D eigenvalue weighted by Gasteiger charge is 2.56. The maximum Gasteiger partial charge on any atom is 0.408 e. The van der Waals surface area contributed by atoms with Crippen LogP contribution in [-0.2, 0) is 17.6 Å². The van der Waals surface area contributed by atoms with Gasteiger partial charge >= 0.3 is 6.09 Å². The molecule has 4 bridgehead atoms. The van der Waals surface area contributed by atoms with E-state index in [1.165, 1.54) is 6.42 Å². The second kappa shape index (κ2) is 10.4. The average molecular weight is 567 g/mol. The Kier molecular flexibility index (Phi) is 6.65. The molecule has 3 aromatic rings. The first-order chi connectivity index (χ1) is 20.4. The van der Waals surface area contributed by atoms with Crippen molar-refractivity contribution in [3.8, 4) is 0 Å². The lowest BCUT2D eigenvalue weighted by Crippen LogP contribution is -2.69. The molecule has 9 heteroatoms. The number of rotatable bonds is 7. The number of aromatic amines is 1. The summed E-state index contributed by atoms with van der Waals surface area (Å²) >= 11 is 0. The van der Waals surface area contributed by atoms with Crippen molar-refractivity contribution >= 4 is 22.9 Å². The van der Waals surface area contributed by atoms with E-state index in [2.05, 4.69) is 20.3 Å². The number of azide groups is 1. The van der Waals surface area contributed by atoms with Crippen LogP contribution in [0.15, 0.2) is 59.8 Å². The van der Waals surface area contributed by atoms with E-state index in [0.717, 1.165) is 59.7 Å². The fourth-order valence-corrected chi connectivity index (χ4v) is 9.32. The Bertz CT molecular complexity index is 1550. The minimum Gasteiger partial charge on any atom is -0.465 e. The number of carbonyl (C=O) groups excluding carboxylic acids is 1. The number of nitrogens with zero attached hydrogens (tertiary/aromatic N) is 4. The van der Waals surface area contributed by atoms with Crippen LogP contribution in [0.1, 0.15) is 68.2 Å². The SMILES string of the molecule is CC(Cc1c[nH]c2ccccc12)(C(=O)NC1CCc2ccccc2C1N=[N+]=[N-])N(C(=O)O)C1C2CC3CC(C2)CC1C3. The third-order valence-electron chi connectivity index (χ3n) is 10.9. The molecular weight excluding hydrogens is 528 g/mol. The maximum atomic E-state index is 14.7. The van der Waals surface area contributed by atoms with E-state index in [0.29, 0.717) is 18.3 Å². The number of fused-ring (bicyclic) bond motifs is 2. The minimum atomic E-state index is -1.37. The van der Waals surface area contributed by atoms with Gasteiger partial charge in [0.25, 0.3) is 0 Å². The van der Waals surface area contributed by atoms with Gasteiger partial charge in [-0.15, -0.1) is 0 Å². The molecule has 218 valence electrons. The fourth-order valence-electron chi connectivity index (χ4n) is 9.32. The Hall–Kier alpha value is -3.97. The molecule has 9 nitrogen and oxygen atoms in total. The number of carbonyl (C=O) groups is 2. The molecule has 1 heterocycles. The smallest absolute Gasteiger partial charge is 0.408 e. The summed E-state index contributed by atoms with van der Waals surface area (Å²) in [5.74, 6) is 1.60. The van der Waals surface area contributed by atoms with E-state index in [-0.39, 0.29) is 30.2 Å². The third kappa shape index (κ3) is 4.42. The first-order valence-electron chi connectivity index (χ1n) is 15.4. The summed E-state index contributed by atoms with van der Waals surface area (Å²) in [7, 11) is 0. The molecule has 42 heavy (non-hydrogen) atoms.